The molecule has 0 aliphatic heterocycles. The first-order valence-electron chi connectivity index (χ1n) is 8.63. The van der Waals surface area contributed by atoms with Gasteiger partial charge in [0.2, 0.25) is 0 Å². The number of unbranched alkanes of at least 4 members (excludes halogenated alkanes) is 3. The molecule has 23 heavy (non-hydrogen) atoms. The Morgan fingerprint density at radius 3 is 2.30 bits per heavy atom. The van der Waals surface area contributed by atoms with Crippen LogP contribution < -0.4 is 0 Å². The molecular formula is C19H24N2S2. The highest BCUT2D eigenvalue weighted by atomic mass is 32.1. The molecule has 0 bridgehead atoms. The predicted molar refractivity (Wildman–Crippen MR) is 103 cm³/mol. The van der Waals surface area contributed by atoms with Crippen LogP contribution in [0.5, 0.6) is 0 Å². The first kappa shape index (κ1) is 16.6. The molecule has 0 fully saturated rings. The van der Waals surface area contributed by atoms with E-state index in [-0.39, 0.29) is 0 Å². The minimum atomic E-state index is 0.868. The maximum atomic E-state index is 4.59. The van der Waals surface area contributed by atoms with Gasteiger partial charge in [0.1, 0.15) is 0 Å². The fourth-order valence-corrected chi connectivity index (χ4v) is 5.20. The Morgan fingerprint density at radius 1 is 0.826 bits per heavy atom. The summed E-state index contributed by atoms with van der Waals surface area (Å²) < 4.78 is 2.75. The van der Waals surface area contributed by atoms with E-state index in [2.05, 4.69) is 35.9 Å². The van der Waals surface area contributed by atoms with Gasteiger partial charge >= 0.3 is 0 Å². The Morgan fingerprint density at radius 2 is 1.61 bits per heavy atom. The molecule has 0 aromatic carbocycles. The molecule has 3 rings (SSSR count). The first-order valence-corrected chi connectivity index (χ1v) is 10.3. The molecule has 0 spiro atoms. The fraction of sp³-hybridized carbons (Fsp3) is 0.474. The summed E-state index contributed by atoms with van der Waals surface area (Å²) >= 11 is 3.72. The molecule has 0 aliphatic rings. The molecular weight excluding hydrogens is 320 g/mol. The van der Waals surface area contributed by atoms with Gasteiger partial charge in [0.05, 0.1) is 4.88 Å². The van der Waals surface area contributed by atoms with Crippen molar-refractivity contribution >= 4 is 32.1 Å². The highest BCUT2D eigenvalue weighted by Gasteiger charge is 2.10. The van der Waals surface area contributed by atoms with Crippen LogP contribution in [0.25, 0.3) is 20.1 Å². The highest BCUT2D eigenvalue weighted by Crippen LogP contribution is 2.37. The van der Waals surface area contributed by atoms with Crippen LogP contribution in [0, 0.1) is 0 Å². The Kier molecular flexibility index (Phi) is 5.79. The van der Waals surface area contributed by atoms with Crippen molar-refractivity contribution in [3.05, 3.63) is 35.0 Å². The van der Waals surface area contributed by atoms with E-state index in [4.69, 9.17) is 0 Å². The average molecular weight is 345 g/mol. The van der Waals surface area contributed by atoms with Crippen molar-refractivity contribution in [1.29, 1.82) is 0 Å². The molecule has 3 aromatic rings. The van der Waals surface area contributed by atoms with E-state index < -0.39 is 0 Å². The molecule has 0 saturated heterocycles. The van der Waals surface area contributed by atoms with Gasteiger partial charge in [-0.15, -0.1) is 22.7 Å². The minimum Gasteiger partial charge on any atom is -0.236 e. The average Bonchev–Trinajstić information content (AvgIpc) is 3.11. The van der Waals surface area contributed by atoms with Crippen molar-refractivity contribution < 1.29 is 0 Å². The van der Waals surface area contributed by atoms with E-state index in [1.807, 2.05) is 35.1 Å². The van der Waals surface area contributed by atoms with Crippen LogP contribution >= 0.6 is 22.7 Å². The van der Waals surface area contributed by atoms with Crippen molar-refractivity contribution in [3.63, 3.8) is 0 Å². The molecule has 3 aromatic heterocycles. The zero-order valence-corrected chi connectivity index (χ0v) is 15.6. The fourth-order valence-electron chi connectivity index (χ4n) is 2.73. The molecule has 0 atom stereocenters. The summed E-state index contributed by atoms with van der Waals surface area (Å²) in [6, 6.07) is 4.58. The van der Waals surface area contributed by atoms with Gasteiger partial charge in [0.25, 0.3) is 0 Å². The molecule has 0 radical (unpaired) electrons. The smallest absolute Gasteiger partial charge is 0.169 e. The van der Waals surface area contributed by atoms with Gasteiger partial charge in [-0.3, -0.25) is 0 Å². The summed E-state index contributed by atoms with van der Waals surface area (Å²) in [6.45, 7) is 4.48. The maximum absolute atomic E-state index is 4.59. The predicted octanol–water partition coefficient (Wildman–Crippen LogP) is 6.50. The Hall–Kier alpha value is -1.26. The summed E-state index contributed by atoms with van der Waals surface area (Å²) in [5.74, 6) is 0.868. The van der Waals surface area contributed by atoms with Gasteiger partial charge in [-0.05, 0) is 37.0 Å². The normalized spacial score (nSPS) is 11.4. The molecule has 0 saturated carbocycles. The van der Waals surface area contributed by atoms with Crippen molar-refractivity contribution in [3.8, 4) is 10.7 Å². The van der Waals surface area contributed by atoms with Gasteiger partial charge in [-0.2, -0.15) is 0 Å². The van der Waals surface area contributed by atoms with Gasteiger partial charge < -0.3 is 0 Å². The van der Waals surface area contributed by atoms with E-state index in [1.165, 1.54) is 63.2 Å². The van der Waals surface area contributed by atoms with Crippen LogP contribution in [0.4, 0.5) is 0 Å². The van der Waals surface area contributed by atoms with Crippen LogP contribution in [0.3, 0.4) is 0 Å². The van der Waals surface area contributed by atoms with E-state index in [0.29, 0.717) is 0 Å². The lowest BCUT2D eigenvalue weighted by Crippen LogP contribution is -1.92. The van der Waals surface area contributed by atoms with E-state index in [9.17, 15) is 0 Å². The number of fused-ring (bicyclic) bond motifs is 1. The lowest BCUT2D eigenvalue weighted by molar-refractivity contribution is 0.665. The van der Waals surface area contributed by atoms with Crippen molar-refractivity contribution in [2.24, 2.45) is 0 Å². The van der Waals surface area contributed by atoms with Gasteiger partial charge in [0.15, 0.2) is 5.82 Å². The summed E-state index contributed by atoms with van der Waals surface area (Å²) in [7, 11) is 0. The zero-order valence-electron chi connectivity index (χ0n) is 14.0. The lowest BCUT2D eigenvalue weighted by atomic mass is 10.1. The molecule has 122 valence electrons. The van der Waals surface area contributed by atoms with Crippen LogP contribution in [0.2, 0.25) is 0 Å². The van der Waals surface area contributed by atoms with E-state index >= 15 is 0 Å². The lowest BCUT2D eigenvalue weighted by Gasteiger charge is -2.01. The topological polar surface area (TPSA) is 25.8 Å². The zero-order chi connectivity index (χ0) is 16.1. The van der Waals surface area contributed by atoms with Crippen molar-refractivity contribution in [2.45, 2.75) is 58.8 Å². The second-order valence-electron chi connectivity index (χ2n) is 6.03. The highest BCUT2D eigenvalue weighted by molar-refractivity contribution is 7.29. The number of aromatic nitrogens is 2. The number of hydrogen-bond donors (Lipinski definition) is 0. The molecule has 3 heterocycles. The minimum absolute atomic E-state index is 0.868. The molecule has 0 N–H and O–H groups in total. The maximum Gasteiger partial charge on any atom is 0.169 e. The number of rotatable bonds is 8. The second-order valence-corrected chi connectivity index (χ2v) is 8.28. The first-order chi connectivity index (χ1) is 11.3. The summed E-state index contributed by atoms with van der Waals surface area (Å²) in [4.78, 5) is 11.8. The summed E-state index contributed by atoms with van der Waals surface area (Å²) in [5.41, 5.74) is 1.26. The molecule has 2 nitrogen and oxygen atoms in total. The largest absolute Gasteiger partial charge is 0.236 e. The number of thiophene rings is 2. The quantitative estimate of drug-likeness (QED) is 0.436. The molecule has 0 unspecified atom stereocenters. The van der Waals surface area contributed by atoms with Gasteiger partial charge in [-0.1, -0.05) is 39.5 Å². The van der Waals surface area contributed by atoms with Crippen LogP contribution in [-0.4, -0.2) is 9.97 Å². The monoisotopic (exact) mass is 344 g/mol. The van der Waals surface area contributed by atoms with Crippen LogP contribution in [0.15, 0.2) is 24.5 Å². The molecule has 0 aliphatic carbocycles. The Labute approximate surface area is 146 Å². The standard InChI is InChI=1S/C19H24N2S2/c1-3-5-6-7-9-14-12-20-19(21-13-14)18-11-17-16(23-18)10-15(22-17)8-4-2/h10-13H,3-9H2,1-2H3. The molecule has 4 heteroatoms. The van der Waals surface area contributed by atoms with Crippen LogP contribution in [0.1, 0.15) is 56.4 Å². The second kappa shape index (κ2) is 8.02. The van der Waals surface area contributed by atoms with Crippen LogP contribution in [-0.2, 0) is 12.8 Å². The van der Waals surface area contributed by atoms with E-state index in [1.54, 1.807) is 0 Å². The molecule has 0 amide bonds. The van der Waals surface area contributed by atoms with E-state index in [0.717, 1.165) is 12.2 Å². The number of nitrogens with zero attached hydrogens (tertiary/aromatic N) is 2. The third-order valence-corrected chi connectivity index (χ3v) is 6.35. The Balaban J connectivity index is 1.67. The number of hydrogen-bond acceptors (Lipinski definition) is 4. The third kappa shape index (κ3) is 4.18. The summed E-state index contributed by atoms with van der Waals surface area (Å²) in [6.07, 6.45) is 12.7. The summed E-state index contributed by atoms with van der Waals surface area (Å²) in [5, 5.41) is 0. The van der Waals surface area contributed by atoms with Crippen molar-refractivity contribution in [1.82, 2.24) is 9.97 Å². The van der Waals surface area contributed by atoms with Gasteiger partial charge in [-0.25, -0.2) is 9.97 Å². The van der Waals surface area contributed by atoms with Crippen molar-refractivity contribution in [2.75, 3.05) is 0 Å². The number of aryl methyl sites for hydroxylation is 2. The third-order valence-electron chi connectivity index (χ3n) is 4.00. The Bertz CT molecular complexity index is 709. The SMILES string of the molecule is CCCCCCc1cnc(-c2cc3sc(CCC)cc3s2)nc1. The van der Waals surface area contributed by atoms with Gasteiger partial charge in [0, 0.05) is 26.7 Å².